The molecule has 1 atom stereocenters. The first-order valence-corrected chi connectivity index (χ1v) is 3.97. The number of rotatable bonds is 1. The molecule has 72 valence electrons. The highest BCUT2D eigenvalue weighted by molar-refractivity contribution is 5.75. The summed E-state index contributed by atoms with van der Waals surface area (Å²) in [6.45, 7) is 0.944. The van der Waals surface area contributed by atoms with Gasteiger partial charge in [0.05, 0.1) is 7.11 Å². The largest absolute Gasteiger partial charge is 0.468 e. The van der Waals surface area contributed by atoms with E-state index in [4.69, 9.17) is 0 Å². The van der Waals surface area contributed by atoms with Crippen molar-refractivity contribution in [3.05, 3.63) is 0 Å². The Balaban J connectivity index is 0.000000354. The highest BCUT2D eigenvalue weighted by atomic mass is 16.5. The van der Waals surface area contributed by atoms with Crippen LogP contribution in [0.4, 0.5) is 0 Å². The van der Waals surface area contributed by atoms with Crippen LogP contribution in [0.5, 0.6) is 0 Å². The van der Waals surface area contributed by atoms with Crippen molar-refractivity contribution in [2.24, 2.45) is 0 Å². The molecule has 1 rings (SSSR count). The Morgan fingerprint density at radius 3 is 2.33 bits per heavy atom. The van der Waals surface area contributed by atoms with Gasteiger partial charge in [0.2, 0.25) is 0 Å². The van der Waals surface area contributed by atoms with E-state index in [2.05, 4.69) is 14.8 Å². The molecule has 0 aromatic rings. The van der Waals surface area contributed by atoms with Crippen molar-refractivity contribution in [2.45, 2.75) is 18.9 Å². The van der Waals surface area contributed by atoms with E-state index < -0.39 is 0 Å². The molecule has 0 spiro atoms. The number of carbonyl (C=O) groups excluding carboxylic acids is 1. The summed E-state index contributed by atoms with van der Waals surface area (Å²) in [5.41, 5.74) is 0. The van der Waals surface area contributed by atoms with Crippen LogP contribution < -0.4 is 5.32 Å². The Kier molecular flexibility index (Phi) is 6.70. The molecule has 0 amide bonds. The van der Waals surface area contributed by atoms with E-state index in [9.17, 15) is 4.79 Å². The van der Waals surface area contributed by atoms with Crippen LogP contribution in [0.3, 0.4) is 0 Å². The lowest BCUT2D eigenvalue weighted by Gasteiger charge is -2.04. The number of carbonyl (C=O) groups is 1. The fourth-order valence-electron chi connectivity index (χ4n) is 1.03. The van der Waals surface area contributed by atoms with Crippen LogP contribution in [0.2, 0.25) is 0 Å². The Bertz CT molecular complexity index is 121. The fraction of sp³-hybridized carbons (Fsp3) is 0.875. The maximum Gasteiger partial charge on any atom is 0.322 e. The Morgan fingerprint density at radius 1 is 1.42 bits per heavy atom. The molecular formula is C8H17NO3. The van der Waals surface area contributed by atoms with Gasteiger partial charge in [0.1, 0.15) is 6.04 Å². The van der Waals surface area contributed by atoms with Gasteiger partial charge in [-0.15, -0.1) is 0 Å². The summed E-state index contributed by atoms with van der Waals surface area (Å²) < 4.78 is 8.78. The van der Waals surface area contributed by atoms with E-state index in [1.54, 1.807) is 14.2 Å². The van der Waals surface area contributed by atoms with Gasteiger partial charge in [-0.2, -0.15) is 0 Å². The van der Waals surface area contributed by atoms with Gasteiger partial charge in [-0.05, 0) is 19.4 Å². The zero-order valence-electron chi connectivity index (χ0n) is 7.92. The highest BCUT2D eigenvalue weighted by Crippen LogP contribution is 2.05. The average molecular weight is 175 g/mol. The van der Waals surface area contributed by atoms with Gasteiger partial charge in [-0.1, -0.05) is 0 Å². The second-order valence-electron chi connectivity index (χ2n) is 2.58. The van der Waals surface area contributed by atoms with Gasteiger partial charge in [0.25, 0.3) is 0 Å². The third-order valence-electron chi connectivity index (χ3n) is 1.55. The van der Waals surface area contributed by atoms with Crippen LogP contribution in [-0.2, 0) is 14.3 Å². The van der Waals surface area contributed by atoms with Crippen molar-refractivity contribution in [3.8, 4) is 0 Å². The fourth-order valence-corrected chi connectivity index (χ4v) is 1.03. The molecule has 0 radical (unpaired) electrons. The minimum absolute atomic E-state index is 0.0324. The SMILES string of the molecule is COC.COC(=O)C1CCCN1. The summed E-state index contributed by atoms with van der Waals surface area (Å²) >= 11 is 0. The molecule has 1 heterocycles. The number of hydrogen-bond donors (Lipinski definition) is 1. The van der Waals surface area contributed by atoms with Crippen molar-refractivity contribution in [1.82, 2.24) is 5.32 Å². The minimum Gasteiger partial charge on any atom is -0.468 e. The molecule has 1 aliphatic rings. The van der Waals surface area contributed by atoms with Crippen LogP contribution in [0.15, 0.2) is 0 Å². The average Bonchev–Trinajstić information content (AvgIpc) is 2.56. The van der Waals surface area contributed by atoms with Gasteiger partial charge in [0, 0.05) is 14.2 Å². The number of nitrogens with one attached hydrogen (secondary N) is 1. The van der Waals surface area contributed by atoms with Crippen molar-refractivity contribution >= 4 is 5.97 Å². The molecule has 0 aromatic heterocycles. The maximum atomic E-state index is 10.7. The molecule has 0 bridgehead atoms. The number of esters is 1. The van der Waals surface area contributed by atoms with Crippen molar-refractivity contribution in [3.63, 3.8) is 0 Å². The Morgan fingerprint density at radius 2 is 2.00 bits per heavy atom. The molecule has 1 saturated heterocycles. The van der Waals surface area contributed by atoms with Crippen molar-refractivity contribution < 1.29 is 14.3 Å². The van der Waals surface area contributed by atoms with Crippen LogP contribution in [0.1, 0.15) is 12.8 Å². The molecule has 4 nitrogen and oxygen atoms in total. The third kappa shape index (κ3) is 4.31. The highest BCUT2D eigenvalue weighted by Gasteiger charge is 2.21. The first kappa shape index (κ1) is 11.4. The van der Waals surface area contributed by atoms with E-state index in [-0.39, 0.29) is 12.0 Å². The van der Waals surface area contributed by atoms with Crippen molar-refractivity contribution in [2.75, 3.05) is 27.9 Å². The summed E-state index contributed by atoms with van der Waals surface area (Å²) in [6, 6.07) is -0.0324. The molecule has 1 fully saturated rings. The zero-order valence-corrected chi connectivity index (χ0v) is 7.92. The lowest BCUT2D eigenvalue weighted by atomic mass is 10.2. The molecule has 1 aliphatic heterocycles. The second-order valence-corrected chi connectivity index (χ2v) is 2.58. The first-order chi connectivity index (χ1) is 5.76. The Hall–Kier alpha value is -0.610. The molecule has 12 heavy (non-hydrogen) atoms. The molecule has 1 unspecified atom stereocenters. The normalized spacial score (nSPS) is 21.1. The first-order valence-electron chi connectivity index (χ1n) is 3.97. The summed E-state index contributed by atoms with van der Waals surface area (Å²) in [4.78, 5) is 10.7. The van der Waals surface area contributed by atoms with E-state index >= 15 is 0 Å². The van der Waals surface area contributed by atoms with Gasteiger partial charge < -0.3 is 14.8 Å². The minimum atomic E-state index is -0.132. The van der Waals surface area contributed by atoms with Gasteiger partial charge >= 0.3 is 5.97 Å². The Labute approximate surface area is 73.2 Å². The molecular weight excluding hydrogens is 158 g/mol. The monoisotopic (exact) mass is 175 g/mol. The number of hydrogen-bond acceptors (Lipinski definition) is 4. The summed E-state index contributed by atoms with van der Waals surface area (Å²) in [5.74, 6) is -0.132. The lowest BCUT2D eigenvalue weighted by Crippen LogP contribution is -2.31. The second kappa shape index (κ2) is 7.06. The quantitative estimate of drug-likeness (QED) is 0.577. The third-order valence-corrected chi connectivity index (χ3v) is 1.55. The lowest BCUT2D eigenvalue weighted by molar-refractivity contribution is -0.142. The molecule has 0 aliphatic carbocycles. The van der Waals surface area contributed by atoms with E-state index in [1.807, 2.05) is 0 Å². The van der Waals surface area contributed by atoms with Gasteiger partial charge in [-0.25, -0.2) is 0 Å². The molecule has 1 N–H and O–H groups in total. The van der Waals surface area contributed by atoms with Gasteiger partial charge in [0.15, 0.2) is 0 Å². The van der Waals surface area contributed by atoms with Crippen LogP contribution in [-0.4, -0.2) is 39.9 Å². The standard InChI is InChI=1S/C6H11NO2.C2H6O/c1-9-6(8)5-3-2-4-7-5;1-3-2/h5,7H,2-4H2,1H3;1-2H3. The summed E-state index contributed by atoms with van der Waals surface area (Å²) in [6.07, 6.45) is 2.01. The van der Waals surface area contributed by atoms with Crippen LogP contribution >= 0.6 is 0 Å². The molecule has 4 heteroatoms. The smallest absolute Gasteiger partial charge is 0.322 e. The maximum absolute atomic E-state index is 10.7. The molecule has 0 saturated carbocycles. The van der Waals surface area contributed by atoms with Crippen LogP contribution in [0, 0.1) is 0 Å². The predicted molar refractivity (Wildman–Crippen MR) is 46.0 cm³/mol. The van der Waals surface area contributed by atoms with E-state index in [0.29, 0.717) is 0 Å². The summed E-state index contributed by atoms with van der Waals surface area (Å²) in [5, 5.41) is 3.03. The number of methoxy groups -OCH3 is 2. The van der Waals surface area contributed by atoms with Gasteiger partial charge in [-0.3, -0.25) is 4.79 Å². The van der Waals surface area contributed by atoms with E-state index in [0.717, 1.165) is 19.4 Å². The van der Waals surface area contributed by atoms with Crippen LogP contribution in [0.25, 0.3) is 0 Å². The van der Waals surface area contributed by atoms with Crippen molar-refractivity contribution in [1.29, 1.82) is 0 Å². The topological polar surface area (TPSA) is 47.6 Å². The number of ether oxygens (including phenoxy) is 2. The predicted octanol–water partition coefficient (Wildman–Crippen LogP) is 0.174. The zero-order chi connectivity index (χ0) is 9.40. The van der Waals surface area contributed by atoms with E-state index in [1.165, 1.54) is 7.11 Å². The summed E-state index contributed by atoms with van der Waals surface area (Å²) in [7, 11) is 4.67. The molecule has 0 aromatic carbocycles.